The lowest BCUT2D eigenvalue weighted by Crippen LogP contribution is -2.24. The number of carbonyl (C=O) groups excluding carboxylic acids is 1. The zero-order valence-electron chi connectivity index (χ0n) is 19.2. The minimum atomic E-state index is -4.56. The van der Waals surface area contributed by atoms with Gasteiger partial charge in [0.25, 0.3) is 5.56 Å². The van der Waals surface area contributed by atoms with Crippen LogP contribution >= 0.6 is 0 Å². The summed E-state index contributed by atoms with van der Waals surface area (Å²) in [5.74, 6) is -0.141. The molecule has 0 radical (unpaired) electrons. The molecule has 0 aliphatic carbocycles. The summed E-state index contributed by atoms with van der Waals surface area (Å²) in [6.07, 6.45) is -3.98. The van der Waals surface area contributed by atoms with E-state index in [2.05, 4.69) is 14.8 Å². The average Bonchev–Trinajstić information content (AvgIpc) is 2.88. The topological polar surface area (TPSA) is 82.8 Å². The number of halogens is 3. The number of hydrogen-bond donors (Lipinski definition) is 0. The normalized spacial score (nSPS) is 12.6. The Morgan fingerprint density at radius 3 is 2.47 bits per heavy atom. The second kappa shape index (κ2) is 10.0. The van der Waals surface area contributed by atoms with Crippen LogP contribution in [0.5, 0.6) is 5.75 Å². The fraction of sp³-hybridized carbons (Fsp3) is 0.154. The molecule has 0 aliphatic heterocycles. The predicted octanol–water partition coefficient (Wildman–Crippen LogP) is 4.90. The molecular weight excluding hydrogens is 475 g/mol. The molecule has 184 valence electrons. The maximum atomic E-state index is 13.3. The monoisotopic (exact) mass is 495 g/mol. The molecule has 0 N–H and O–H groups in total. The van der Waals surface area contributed by atoms with Gasteiger partial charge in [-0.05, 0) is 61.0 Å². The molecule has 0 fully saturated rings. The number of fused-ring (bicyclic) bond motifs is 1. The van der Waals surface area contributed by atoms with Crippen LogP contribution in [-0.2, 0) is 15.7 Å². The van der Waals surface area contributed by atoms with Crippen molar-refractivity contribution in [2.24, 2.45) is 5.10 Å². The summed E-state index contributed by atoms with van der Waals surface area (Å²) < 4.78 is 51.0. The maximum absolute atomic E-state index is 13.3. The number of rotatable bonds is 6. The summed E-state index contributed by atoms with van der Waals surface area (Å²) >= 11 is 0. The van der Waals surface area contributed by atoms with E-state index in [0.717, 1.165) is 16.8 Å². The zero-order chi connectivity index (χ0) is 25.9. The Morgan fingerprint density at radius 2 is 1.78 bits per heavy atom. The van der Waals surface area contributed by atoms with E-state index in [-0.39, 0.29) is 16.8 Å². The highest BCUT2D eigenvalue weighted by Gasteiger charge is 2.31. The van der Waals surface area contributed by atoms with Crippen LogP contribution in [0.4, 0.5) is 13.2 Å². The third-order valence-electron chi connectivity index (χ3n) is 5.25. The Hall–Kier alpha value is -4.47. The van der Waals surface area contributed by atoms with Crippen molar-refractivity contribution in [2.45, 2.75) is 19.2 Å². The molecule has 4 rings (SSSR count). The molecule has 10 heteroatoms. The van der Waals surface area contributed by atoms with Crippen molar-refractivity contribution in [1.82, 2.24) is 9.66 Å². The highest BCUT2D eigenvalue weighted by Crippen LogP contribution is 2.32. The van der Waals surface area contributed by atoms with Crippen LogP contribution in [0.3, 0.4) is 0 Å². The van der Waals surface area contributed by atoms with Crippen LogP contribution in [0.1, 0.15) is 18.1 Å². The molecule has 0 bridgehead atoms. The molecule has 0 spiro atoms. The lowest BCUT2D eigenvalue weighted by Gasteiger charge is -2.12. The number of methoxy groups -OCH3 is 1. The minimum absolute atomic E-state index is 0.0343. The number of carbonyl (C=O) groups is 1. The molecule has 0 unspecified atom stereocenters. The van der Waals surface area contributed by atoms with Gasteiger partial charge < -0.3 is 9.47 Å². The second-order valence-electron chi connectivity index (χ2n) is 7.74. The molecule has 4 aromatic rings. The molecule has 0 aliphatic rings. The van der Waals surface area contributed by atoms with Crippen molar-refractivity contribution in [1.29, 1.82) is 0 Å². The average molecular weight is 495 g/mol. The number of nitrogens with zero attached hydrogens (tertiary/aromatic N) is 3. The van der Waals surface area contributed by atoms with E-state index < -0.39 is 29.4 Å². The summed E-state index contributed by atoms with van der Waals surface area (Å²) in [4.78, 5) is 29.2. The summed E-state index contributed by atoms with van der Waals surface area (Å²) in [7, 11) is 1.26. The first kappa shape index (κ1) is 24.6. The first-order valence-corrected chi connectivity index (χ1v) is 10.8. The molecule has 0 amide bonds. The van der Waals surface area contributed by atoms with Gasteiger partial charge in [0.2, 0.25) is 0 Å². The summed E-state index contributed by atoms with van der Waals surface area (Å²) in [5.41, 5.74) is -0.401. The van der Waals surface area contributed by atoms with E-state index in [1.54, 1.807) is 55.5 Å². The van der Waals surface area contributed by atoms with Crippen molar-refractivity contribution in [3.05, 3.63) is 94.3 Å². The van der Waals surface area contributed by atoms with E-state index in [9.17, 15) is 22.8 Å². The SMILES string of the molecule is COC(=O)[C@@H](C)Oc1ccc(C=Nn2c(-c3cccc(C(F)(F)F)c3)nc3ccccc3c2=O)cc1. The standard InChI is InChI=1S/C26H20F3N3O4/c1-16(25(34)35-2)36-20-12-10-17(11-13-20)15-30-32-23(18-6-5-7-19(14-18)26(27,28)29)31-22-9-4-3-8-21(22)24(32)33/h3-16H,1-2H3/t16-/m1/s1. The van der Waals surface area contributed by atoms with E-state index in [1.165, 1.54) is 25.5 Å². The van der Waals surface area contributed by atoms with Gasteiger partial charge in [-0.2, -0.15) is 22.9 Å². The smallest absolute Gasteiger partial charge is 0.416 e. The highest BCUT2D eigenvalue weighted by molar-refractivity contribution is 5.82. The Morgan fingerprint density at radius 1 is 1.06 bits per heavy atom. The quantitative estimate of drug-likeness (QED) is 0.281. The summed E-state index contributed by atoms with van der Waals surface area (Å²) in [6, 6.07) is 17.6. The van der Waals surface area contributed by atoms with Crippen molar-refractivity contribution >= 4 is 23.1 Å². The number of benzene rings is 3. The van der Waals surface area contributed by atoms with Gasteiger partial charge in [-0.25, -0.2) is 9.78 Å². The predicted molar refractivity (Wildman–Crippen MR) is 128 cm³/mol. The summed E-state index contributed by atoms with van der Waals surface area (Å²) in [6.45, 7) is 1.55. The third kappa shape index (κ3) is 5.27. The zero-order valence-corrected chi connectivity index (χ0v) is 19.2. The molecule has 7 nitrogen and oxygen atoms in total. The molecule has 1 atom stereocenters. The molecule has 1 heterocycles. The van der Waals surface area contributed by atoms with Crippen molar-refractivity contribution in [2.75, 3.05) is 7.11 Å². The number of aromatic nitrogens is 2. The Bertz CT molecular complexity index is 1500. The van der Waals surface area contributed by atoms with Crippen molar-refractivity contribution in [3.63, 3.8) is 0 Å². The van der Waals surface area contributed by atoms with E-state index in [1.807, 2.05) is 0 Å². The van der Waals surface area contributed by atoms with Crippen LogP contribution in [0, 0.1) is 0 Å². The van der Waals surface area contributed by atoms with Crippen LogP contribution < -0.4 is 10.3 Å². The van der Waals surface area contributed by atoms with Crippen molar-refractivity contribution < 1.29 is 27.4 Å². The lowest BCUT2D eigenvalue weighted by atomic mass is 10.1. The van der Waals surface area contributed by atoms with Gasteiger partial charge in [0, 0.05) is 5.56 Å². The number of alkyl halides is 3. The highest BCUT2D eigenvalue weighted by atomic mass is 19.4. The van der Waals surface area contributed by atoms with Gasteiger partial charge in [-0.15, -0.1) is 0 Å². The lowest BCUT2D eigenvalue weighted by molar-refractivity contribution is -0.148. The van der Waals surface area contributed by atoms with Crippen LogP contribution in [-0.4, -0.2) is 35.1 Å². The largest absolute Gasteiger partial charge is 0.479 e. The van der Waals surface area contributed by atoms with E-state index >= 15 is 0 Å². The Kier molecular flexibility index (Phi) is 6.86. The third-order valence-corrected chi connectivity index (χ3v) is 5.25. The van der Waals surface area contributed by atoms with Gasteiger partial charge in [0.15, 0.2) is 11.9 Å². The molecule has 1 aromatic heterocycles. The molecule has 0 saturated heterocycles. The molecule has 3 aromatic carbocycles. The van der Waals surface area contributed by atoms with Gasteiger partial charge in [0.1, 0.15) is 5.75 Å². The van der Waals surface area contributed by atoms with Gasteiger partial charge in [0.05, 0.1) is 29.8 Å². The summed E-state index contributed by atoms with van der Waals surface area (Å²) in [5, 5.41) is 4.52. The number of hydrogen-bond acceptors (Lipinski definition) is 6. The molecule has 0 saturated carbocycles. The van der Waals surface area contributed by atoms with E-state index in [0.29, 0.717) is 16.8 Å². The van der Waals surface area contributed by atoms with Crippen LogP contribution in [0.15, 0.2) is 82.7 Å². The van der Waals surface area contributed by atoms with Crippen molar-refractivity contribution in [3.8, 4) is 17.1 Å². The fourth-order valence-electron chi connectivity index (χ4n) is 3.43. The maximum Gasteiger partial charge on any atom is 0.416 e. The number of ether oxygens (including phenoxy) is 2. The first-order valence-electron chi connectivity index (χ1n) is 10.8. The molecule has 36 heavy (non-hydrogen) atoms. The minimum Gasteiger partial charge on any atom is -0.479 e. The van der Waals surface area contributed by atoms with Crippen LogP contribution in [0.2, 0.25) is 0 Å². The number of esters is 1. The van der Waals surface area contributed by atoms with Gasteiger partial charge >= 0.3 is 12.1 Å². The Balaban J connectivity index is 1.74. The van der Waals surface area contributed by atoms with Gasteiger partial charge in [-0.3, -0.25) is 4.79 Å². The van der Waals surface area contributed by atoms with E-state index in [4.69, 9.17) is 4.74 Å². The van der Waals surface area contributed by atoms with Crippen LogP contribution in [0.25, 0.3) is 22.3 Å². The van der Waals surface area contributed by atoms with Gasteiger partial charge in [-0.1, -0.05) is 24.3 Å². The number of para-hydroxylation sites is 1. The fourth-order valence-corrected chi connectivity index (χ4v) is 3.43. The second-order valence-corrected chi connectivity index (χ2v) is 7.74. The first-order chi connectivity index (χ1) is 17.2. The Labute approximate surface area is 203 Å². The molecular formula is C26H20F3N3O4.